The number of nitrogens with one attached hydrogen (secondary N) is 1. The van der Waals surface area contributed by atoms with E-state index < -0.39 is 15.9 Å². The van der Waals surface area contributed by atoms with Gasteiger partial charge in [0, 0.05) is 13.0 Å². The van der Waals surface area contributed by atoms with Gasteiger partial charge >= 0.3 is 0 Å². The van der Waals surface area contributed by atoms with Gasteiger partial charge in [0.15, 0.2) is 0 Å². The Hall–Kier alpha value is -2.38. The highest BCUT2D eigenvalue weighted by Gasteiger charge is 2.33. The van der Waals surface area contributed by atoms with Crippen molar-refractivity contribution in [1.82, 2.24) is 5.32 Å². The minimum Gasteiger partial charge on any atom is -0.345 e. The van der Waals surface area contributed by atoms with Gasteiger partial charge < -0.3 is 10.2 Å². The van der Waals surface area contributed by atoms with Gasteiger partial charge in [-0.3, -0.25) is 4.79 Å². The zero-order valence-corrected chi connectivity index (χ0v) is 17.6. The lowest BCUT2D eigenvalue weighted by atomic mass is 10.1. The van der Waals surface area contributed by atoms with Gasteiger partial charge in [-0.1, -0.05) is 48.4 Å². The van der Waals surface area contributed by atoms with Crippen molar-refractivity contribution in [2.75, 3.05) is 11.4 Å². The first-order valence-corrected chi connectivity index (χ1v) is 11.5. The molecule has 2 heterocycles. The standard InChI is InChI=1S/C21H22ClN3O3S/c1-14(15-8-4-2-5-9-15)23-21(26)16-12-19-18(13-17(16)22)25-11-7-3-6-10-20(25)24-29(19,27)28/h2,4-5,8-9,12-14H,3,6-7,10-11H2,1H3,(H,23,26)/t14-/m0/s1. The maximum Gasteiger partial charge on any atom is 0.286 e. The molecule has 1 saturated heterocycles. The van der Waals surface area contributed by atoms with Gasteiger partial charge in [0.25, 0.3) is 15.9 Å². The molecular weight excluding hydrogens is 410 g/mol. The largest absolute Gasteiger partial charge is 0.345 e. The molecular formula is C21H22ClN3O3S. The van der Waals surface area contributed by atoms with Gasteiger partial charge in [-0.15, -0.1) is 4.40 Å². The molecule has 4 rings (SSSR count). The molecule has 1 N–H and O–H groups in total. The smallest absolute Gasteiger partial charge is 0.286 e. The maximum atomic E-state index is 12.8. The van der Waals surface area contributed by atoms with Crippen LogP contribution in [0.2, 0.25) is 5.02 Å². The highest BCUT2D eigenvalue weighted by Crippen LogP contribution is 2.38. The first-order valence-electron chi connectivity index (χ1n) is 9.67. The lowest BCUT2D eigenvalue weighted by molar-refractivity contribution is 0.0940. The van der Waals surface area contributed by atoms with Crippen molar-refractivity contribution < 1.29 is 13.2 Å². The minimum atomic E-state index is -3.87. The number of anilines is 1. The molecule has 2 aliphatic rings. The number of rotatable bonds is 3. The van der Waals surface area contributed by atoms with Gasteiger partial charge in [-0.05, 0) is 37.5 Å². The number of halogens is 1. The van der Waals surface area contributed by atoms with Crippen LogP contribution in [0, 0.1) is 0 Å². The first kappa shape index (κ1) is 19.9. The summed E-state index contributed by atoms with van der Waals surface area (Å²) in [6.45, 7) is 2.55. The van der Waals surface area contributed by atoms with Crippen molar-refractivity contribution in [2.24, 2.45) is 4.40 Å². The Morgan fingerprint density at radius 1 is 1.17 bits per heavy atom. The van der Waals surface area contributed by atoms with Gasteiger partial charge in [0.1, 0.15) is 10.7 Å². The predicted octanol–water partition coefficient (Wildman–Crippen LogP) is 4.31. The molecule has 2 aliphatic heterocycles. The zero-order chi connectivity index (χ0) is 20.6. The van der Waals surface area contributed by atoms with Crippen molar-refractivity contribution in [3.8, 4) is 0 Å². The molecule has 8 heteroatoms. The van der Waals surface area contributed by atoms with Crippen molar-refractivity contribution in [3.63, 3.8) is 0 Å². The highest BCUT2D eigenvalue weighted by molar-refractivity contribution is 7.90. The van der Waals surface area contributed by atoms with Gasteiger partial charge in [-0.2, -0.15) is 8.42 Å². The second kappa shape index (κ2) is 7.80. The molecule has 2 aromatic rings. The number of carbonyl (C=O) groups excluding carboxylic acids is 1. The van der Waals surface area contributed by atoms with Crippen molar-refractivity contribution in [1.29, 1.82) is 0 Å². The number of amides is 1. The molecule has 6 nitrogen and oxygen atoms in total. The topological polar surface area (TPSA) is 78.8 Å². The number of carbonyl (C=O) groups is 1. The summed E-state index contributed by atoms with van der Waals surface area (Å²) in [4.78, 5) is 14.8. The Kier molecular flexibility index (Phi) is 5.36. The summed E-state index contributed by atoms with van der Waals surface area (Å²) in [5, 5.41) is 3.11. The number of fused-ring (bicyclic) bond motifs is 3. The van der Waals surface area contributed by atoms with E-state index in [1.807, 2.05) is 42.2 Å². The molecule has 1 amide bonds. The van der Waals surface area contributed by atoms with Crippen molar-refractivity contribution in [3.05, 3.63) is 58.6 Å². The number of hydrogen-bond donors (Lipinski definition) is 1. The van der Waals surface area contributed by atoms with E-state index in [2.05, 4.69) is 9.71 Å². The third-order valence-corrected chi connectivity index (χ3v) is 6.97. The molecule has 1 atom stereocenters. The van der Waals surface area contributed by atoms with Gasteiger partial charge in [0.2, 0.25) is 0 Å². The fraction of sp³-hybridized carbons (Fsp3) is 0.333. The highest BCUT2D eigenvalue weighted by atomic mass is 35.5. The van der Waals surface area contributed by atoms with Crippen LogP contribution in [0.3, 0.4) is 0 Å². The third-order valence-electron chi connectivity index (χ3n) is 5.33. The van der Waals surface area contributed by atoms with Crippen LogP contribution >= 0.6 is 11.6 Å². The summed E-state index contributed by atoms with van der Waals surface area (Å²) in [7, 11) is -3.87. The summed E-state index contributed by atoms with van der Waals surface area (Å²) >= 11 is 6.43. The molecule has 0 bridgehead atoms. The third kappa shape index (κ3) is 3.89. The van der Waals surface area contributed by atoms with E-state index in [4.69, 9.17) is 11.6 Å². The average Bonchev–Trinajstić information content (AvgIpc) is 2.93. The van der Waals surface area contributed by atoms with Crippen LogP contribution in [0.15, 0.2) is 51.8 Å². The molecule has 152 valence electrons. The quantitative estimate of drug-likeness (QED) is 0.785. The molecule has 0 spiro atoms. The summed E-state index contributed by atoms with van der Waals surface area (Å²) in [6, 6.07) is 12.2. The maximum absolute atomic E-state index is 12.8. The van der Waals surface area contributed by atoms with Crippen LogP contribution in [0.1, 0.15) is 54.6 Å². The lowest BCUT2D eigenvalue weighted by Gasteiger charge is -2.30. The second-order valence-corrected chi connectivity index (χ2v) is 9.33. The molecule has 29 heavy (non-hydrogen) atoms. The normalized spacial score (nSPS) is 18.7. The summed E-state index contributed by atoms with van der Waals surface area (Å²) in [5.41, 5.74) is 1.58. The van der Waals surface area contributed by atoms with E-state index in [0.717, 1.165) is 24.8 Å². The molecule has 2 aromatic carbocycles. The number of nitrogens with zero attached hydrogens (tertiary/aromatic N) is 2. The molecule has 0 aliphatic carbocycles. The predicted molar refractivity (Wildman–Crippen MR) is 114 cm³/mol. The van der Waals surface area contributed by atoms with E-state index in [1.165, 1.54) is 6.07 Å². The van der Waals surface area contributed by atoms with Crippen LogP contribution < -0.4 is 10.2 Å². The van der Waals surface area contributed by atoms with E-state index >= 15 is 0 Å². The van der Waals surface area contributed by atoms with E-state index in [1.54, 1.807) is 6.07 Å². The van der Waals surface area contributed by atoms with Gasteiger partial charge in [0.05, 0.1) is 22.3 Å². The Labute approximate surface area is 175 Å². The Morgan fingerprint density at radius 3 is 2.69 bits per heavy atom. The minimum absolute atomic E-state index is 0.0325. The van der Waals surface area contributed by atoms with E-state index in [9.17, 15) is 13.2 Å². The average molecular weight is 432 g/mol. The van der Waals surface area contributed by atoms with Crippen LogP contribution in [-0.2, 0) is 10.0 Å². The summed E-state index contributed by atoms with van der Waals surface area (Å²) < 4.78 is 29.6. The fourth-order valence-electron chi connectivity index (χ4n) is 3.77. The summed E-state index contributed by atoms with van der Waals surface area (Å²) in [5.74, 6) is 0.135. The van der Waals surface area contributed by atoms with Crippen LogP contribution in [0.25, 0.3) is 0 Å². The Balaban J connectivity index is 1.69. The molecule has 0 unspecified atom stereocenters. The SMILES string of the molecule is C[C@H](NC(=O)c1cc2c(cc1Cl)N1CCCCCC1=NS2(=O)=O)c1ccccc1. The van der Waals surface area contributed by atoms with E-state index in [0.29, 0.717) is 24.5 Å². The van der Waals surface area contributed by atoms with Crippen molar-refractivity contribution in [2.45, 2.75) is 43.5 Å². The number of hydrogen-bond acceptors (Lipinski definition) is 4. The molecule has 0 radical (unpaired) electrons. The van der Waals surface area contributed by atoms with Crippen LogP contribution in [0.5, 0.6) is 0 Å². The van der Waals surface area contributed by atoms with Crippen molar-refractivity contribution >= 4 is 39.1 Å². The van der Waals surface area contributed by atoms with Crippen LogP contribution in [0.4, 0.5) is 5.69 Å². The Morgan fingerprint density at radius 2 is 1.93 bits per heavy atom. The van der Waals surface area contributed by atoms with Gasteiger partial charge in [-0.25, -0.2) is 0 Å². The van der Waals surface area contributed by atoms with Crippen LogP contribution in [-0.4, -0.2) is 26.7 Å². The number of benzene rings is 2. The second-order valence-electron chi connectivity index (χ2n) is 7.35. The monoisotopic (exact) mass is 431 g/mol. The summed E-state index contributed by atoms with van der Waals surface area (Å²) in [6.07, 6.45) is 3.50. The number of amidine groups is 1. The fourth-order valence-corrected chi connectivity index (χ4v) is 5.28. The first-order chi connectivity index (χ1) is 13.9. The molecule has 0 saturated carbocycles. The molecule has 0 aromatic heterocycles. The zero-order valence-electron chi connectivity index (χ0n) is 16.1. The lowest BCUT2D eigenvalue weighted by Crippen LogP contribution is -2.35. The molecule has 1 fully saturated rings. The number of sulfonamides is 1. The van der Waals surface area contributed by atoms with E-state index in [-0.39, 0.29) is 21.5 Å². The Bertz CT molecular complexity index is 1080.